The van der Waals surface area contributed by atoms with Gasteiger partial charge in [-0.05, 0) is 52.3 Å². The molecule has 32 heavy (non-hydrogen) atoms. The fraction of sp³-hybridized carbons (Fsp3) is 0.0455. The molecule has 0 unspecified atom stereocenters. The molecule has 2 aromatic carbocycles. The highest BCUT2D eigenvalue weighted by atomic mass is 35.5. The molecule has 0 radical (unpaired) electrons. The van der Waals surface area contributed by atoms with E-state index < -0.39 is 0 Å². The highest BCUT2D eigenvalue weighted by Gasteiger charge is 2.12. The van der Waals surface area contributed by atoms with Crippen LogP contribution in [-0.2, 0) is 6.54 Å². The van der Waals surface area contributed by atoms with Crippen LogP contribution in [0.5, 0.6) is 0 Å². The van der Waals surface area contributed by atoms with Gasteiger partial charge in [-0.25, -0.2) is 9.61 Å². The Morgan fingerprint density at radius 3 is 2.41 bits per heavy atom. The summed E-state index contributed by atoms with van der Waals surface area (Å²) >= 11 is 5.94. The number of hydrogen-bond donors (Lipinski definition) is 2. The summed E-state index contributed by atoms with van der Waals surface area (Å²) in [7, 11) is 0. The SMILES string of the molecule is Clc1ccc(-c2ccc(/C=N\Nc3nc4nonc4nc3NCc3ccccc3)o2)cc1. The lowest BCUT2D eigenvalue weighted by molar-refractivity contribution is 0.314. The first-order valence-electron chi connectivity index (χ1n) is 9.67. The van der Waals surface area contributed by atoms with E-state index >= 15 is 0 Å². The van der Waals surface area contributed by atoms with Crippen molar-refractivity contribution in [2.75, 3.05) is 10.7 Å². The Hall–Kier alpha value is -4.24. The number of hydrogen-bond acceptors (Lipinski definition) is 9. The zero-order valence-electron chi connectivity index (χ0n) is 16.6. The van der Waals surface area contributed by atoms with E-state index in [1.807, 2.05) is 66.7 Å². The number of anilines is 2. The van der Waals surface area contributed by atoms with Gasteiger partial charge in [0.15, 0.2) is 11.6 Å². The Labute approximate surface area is 187 Å². The van der Waals surface area contributed by atoms with Gasteiger partial charge in [0, 0.05) is 17.1 Å². The van der Waals surface area contributed by atoms with E-state index in [2.05, 4.69) is 36.1 Å². The molecule has 0 aliphatic carbocycles. The molecule has 0 saturated heterocycles. The predicted molar refractivity (Wildman–Crippen MR) is 122 cm³/mol. The van der Waals surface area contributed by atoms with Crippen molar-refractivity contribution >= 4 is 40.7 Å². The molecule has 158 valence electrons. The molecule has 0 aliphatic rings. The molecular formula is C22H16ClN7O2. The van der Waals surface area contributed by atoms with Crippen LogP contribution < -0.4 is 10.7 Å². The van der Waals surface area contributed by atoms with Gasteiger partial charge in [0.05, 0.1) is 6.21 Å². The Morgan fingerprint density at radius 1 is 0.875 bits per heavy atom. The van der Waals surface area contributed by atoms with Crippen LogP contribution in [0.3, 0.4) is 0 Å². The van der Waals surface area contributed by atoms with Gasteiger partial charge < -0.3 is 9.73 Å². The standard InChI is InChI=1S/C22H16ClN7O2/c23-16-8-6-15(7-9-16)18-11-10-17(31-18)13-25-28-20-19(24-12-14-4-2-1-3-5-14)26-21-22(27-20)30-32-29-21/h1-11,13H,12H2,(H,24,26,29)(H,27,28,30)/b25-13-. The summed E-state index contributed by atoms with van der Waals surface area (Å²) in [5, 5.41) is 15.6. The van der Waals surface area contributed by atoms with Crippen molar-refractivity contribution in [1.82, 2.24) is 20.3 Å². The van der Waals surface area contributed by atoms with Crippen LogP contribution >= 0.6 is 11.6 Å². The summed E-state index contributed by atoms with van der Waals surface area (Å²) < 4.78 is 10.5. The molecule has 5 rings (SSSR count). The molecule has 5 aromatic rings. The smallest absolute Gasteiger partial charge is 0.245 e. The van der Waals surface area contributed by atoms with Crippen LogP contribution in [0.25, 0.3) is 22.6 Å². The van der Waals surface area contributed by atoms with Crippen molar-refractivity contribution in [2.24, 2.45) is 5.10 Å². The molecule has 0 atom stereocenters. The second-order valence-corrected chi connectivity index (χ2v) is 7.19. The van der Waals surface area contributed by atoms with Gasteiger partial charge in [0.25, 0.3) is 0 Å². The lowest BCUT2D eigenvalue weighted by Gasteiger charge is -2.09. The van der Waals surface area contributed by atoms with Crippen molar-refractivity contribution in [1.29, 1.82) is 0 Å². The highest BCUT2D eigenvalue weighted by molar-refractivity contribution is 6.30. The number of nitrogens with one attached hydrogen (secondary N) is 2. The van der Waals surface area contributed by atoms with Gasteiger partial charge in [0.2, 0.25) is 11.3 Å². The molecule has 3 aromatic heterocycles. The van der Waals surface area contributed by atoms with Gasteiger partial charge in [0.1, 0.15) is 11.5 Å². The third kappa shape index (κ3) is 4.42. The fourth-order valence-electron chi connectivity index (χ4n) is 2.97. The zero-order chi connectivity index (χ0) is 21.8. The topological polar surface area (TPSA) is 114 Å². The molecule has 3 heterocycles. The number of aromatic nitrogens is 4. The van der Waals surface area contributed by atoms with E-state index in [0.717, 1.165) is 11.1 Å². The Morgan fingerprint density at radius 2 is 1.62 bits per heavy atom. The first kappa shape index (κ1) is 19.7. The Kier molecular flexibility index (Phi) is 5.46. The summed E-state index contributed by atoms with van der Waals surface area (Å²) in [4.78, 5) is 8.79. The third-order valence-electron chi connectivity index (χ3n) is 4.53. The Balaban J connectivity index is 1.33. The van der Waals surface area contributed by atoms with Crippen LogP contribution in [0.1, 0.15) is 11.3 Å². The molecule has 0 spiro atoms. The molecule has 9 nitrogen and oxygen atoms in total. The minimum Gasteiger partial charge on any atom is -0.455 e. The second kappa shape index (κ2) is 8.86. The van der Waals surface area contributed by atoms with Crippen molar-refractivity contribution in [3.05, 3.63) is 83.1 Å². The molecule has 0 amide bonds. The summed E-state index contributed by atoms with van der Waals surface area (Å²) in [5.41, 5.74) is 5.47. The van der Waals surface area contributed by atoms with E-state index in [4.69, 9.17) is 20.6 Å². The van der Waals surface area contributed by atoms with Crippen LogP contribution in [0, 0.1) is 0 Å². The quantitative estimate of drug-likeness (QED) is 0.266. The van der Waals surface area contributed by atoms with E-state index in [1.165, 1.54) is 0 Å². The van der Waals surface area contributed by atoms with Crippen LogP contribution in [0.4, 0.5) is 11.6 Å². The molecule has 2 N–H and O–H groups in total. The zero-order valence-corrected chi connectivity index (χ0v) is 17.3. The lowest BCUT2D eigenvalue weighted by Crippen LogP contribution is -2.06. The maximum atomic E-state index is 5.94. The summed E-state index contributed by atoms with van der Waals surface area (Å²) in [6, 6.07) is 21.0. The van der Waals surface area contributed by atoms with Crippen molar-refractivity contribution < 1.29 is 9.05 Å². The number of benzene rings is 2. The summed E-state index contributed by atoms with van der Waals surface area (Å²) in [5.74, 6) is 2.13. The number of nitrogens with zero attached hydrogens (tertiary/aromatic N) is 5. The van der Waals surface area contributed by atoms with E-state index in [-0.39, 0.29) is 5.65 Å². The van der Waals surface area contributed by atoms with Gasteiger partial charge in [-0.15, -0.1) is 0 Å². The molecule has 0 bridgehead atoms. The maximum Gasteiger partial charge on any atom is 0.245 e. The van der Waals surface area contributed by atoms with Crippen LogP contribution in [0.15, 0.2) is 80.9 Å². The van der Waals surface area contributed by atoms with Gasteiger partial charge >= 0.3 is 0 Å². The molecule has 0 saturated carbocycles. The van der Waals surface area contributed by atoms with Gasteiger partial charge in [-0.2, -0.15) is 10.1 Å². The summed E-state index contributed by atoms with van der Waals surface area (Å²) in [6.45, 7) is 0.549. The van der Waals surface area contributed by atoms with Gasteiger partial charge in [-0.3, -0.25) is 5.43 Å². The molecule has 0 aliphatic heterocycles. The van der Waals surface area contributed by atoms with Crippen molar-refractivity contribution in [2.45, 2.75) is 6.54 Å². The minimum atomic E-state index is 0.274. The van der Waals surface area contributed by atoms with E-state index in [9.17, 15) is 0 Å². The maximum absolute atomic E-state index is 5.94. The van der Waals surface area contributed by atoms with Gasteiger partial charge in [-0.1, -0.05) is 41.9 Å². The first-order valence-corrected chi connectivity index (χ1v) is 10.1. The number of hydrazone groups is 1. The number of halogens is 1. The Bertz CT molecular complexity index is 1360. The fourth-order valence-corrected chi connectivity index (χ4v) is 3.10. The van der Waals surface area contributed by atoms with Crippen molar-refractivity contribution in [3.63, 3.8) is 0 Å². The van der Waals surface area contributed by atoms with E-state index in [0.29, 0.717) is 40.4 Å². The first-order chi connectivity index (χ1) is 15.7. The van der Waals surface area contributed by atoms with Crippen LogP contribution in [0.2, 0.25) is 5.02 Å². The second-order valence-electron chi connectivity index (χ2n) is 6.75. The highest BCUT2D eigenvalue weighted by Crippen LogP contribution is 2.24. The number of furan rings is 1. The van der Waals surface area contributed by atoms with E-state index in [1.54, 1.807) is 6.21 Å². The minimum absolute atomic E-state index is 0.274. The average Bonchev–Trinajstić information content (AvgIpc) is 3.48. The third-order valence-corrected chi connectivity index (χ3v) is 4.79. The van der Waals surface area contributed by atoms with Crippen molar-refractivity contribution in [3.8, 4) is 11.3 Å². The molecule has 0 fully saturated rings. The number of fused-ring (bicyclic) bond motifs is 1. The molecular weight excluding hydrogens is 430 g/mol. The monoisotopic (exact) mass is 445 g/mol. The normalized spacial score (nSPS) is 11.3. The largest absolute Gasteiger partial charge is 0.455 e. The van der Waals surface area contributed by atoms with Crippen LogP contribution in [-0.4, -0.2) is 26.5 Å². The number of rotatable bonds is 7. The average molecular weight is 446 g/mol. The predicted octanol–water partition coefficient (Wildman–Crippen LogP) is 4.98. The lowest BCUT2D eigenvalue weighted by atomic mass is 10.2. The summed E-state index contributed by atoms with van der Waals surface area (Å²) in [6.07, 6.45) is 1.55. The molecule has 10 heteroatoms.